The maximum absolute atomic E-state index is 11.4. The normalized spacial score (nSPS) is 10.1. The summed E-state index contributed by atoms with van der Waals surface area (Å²) in [5.74, 6) is -0.763. The van der Waals surface area contributed by atoms with E-state index in [4.69, 9.17) is 23.2 Å². The Bertz CT molecular complexity index is 432. The molecule has 0 aliphatic rings. The fourth-order valence-corrected chi connectivity index (χ4v) is 1.70. The Balaban J connectivity index is 3.46. The van der Waals surface area contributed by atoms with Crippen LogP contribution in [0.5, 0.6) is 0 Å². The highest BCUT2D eigenvalue weighted by Crippen LogP contribution is 2.27. The topological polar surface area (TPSA) is 60.2 Å². The fraction of sp³-hybridized carbons (Fsp3) is 0.222. The zero-order valence-electron chi connectivity index (χ0n) is 7.79. The SMILES string of the molecule is Cc1cc(Cl)cc([N+](=O)[O-])c1C(=O)CCl. The smallest absolute Gasteiger partial charge is 0.281 e. The molecule has 1 aromatic rings. The Morgan fingerprint density at radius 1 is 1.53 bits per heavy atom. The largest absolute Gasteiger partial charge is 0.293 e. The number of alkyl halides is 1. The predicted molar refractivity (Wildman–Crippen MR) is 57.9 cm³/mol. The molecule has 0 saturated carbocycles. The maximum atomic E-state index is 11.4. The van der Waals surface area contributed by atoms with E-state index in [2.05, 4.69) is 0 Å². The molecule has 0 atom stereocenters. The third-order valence-electron chi connectivity index (χ3n) is 1.88. The summed E-state index contributed by atoms with van der Waals surface area (Å²) >= 11 is 11.0. The monoisotopic (exact) mass is 247 g/mol. The first-order valence-corrected chi connectivity index (χ1v) is 4.92. The summed E-state index contributed by atoms with van der Waals surface area (Å²) < 4.78 is 0. The van der Waals surface area contributed by atoms with Crippen molar-refractivity contribution in [3.05, 3.63) is 38.4 Å². The number of ketones is 1. The molecule has 0 aromatic heterocycles. The number of hydrogen-bond acceptors (Lipinski definition) is 3. The second kappa shape index (κ2) is 4.59. The molecule has 0 radical (unpaired) electrons. The van der Waals surface area contributed by atoms with E-state index in [1.807, 2.05) is 0 Å². The van der Waals surface area contributed by atoms with Crippen LogP contribution in [0.25, 0.3) is 0 Å². The van der Waals surface area contributed by atoms with Crippen molar-refractivity contribution >= 4 is 34.7 Å². The van der Waals surface area contributed by atoms with Crippen LogP contribution < -0.4 is 0 Å². The Labute approximate surface area is 95.9 Å². The van der Waals surface area contributed by atoms with Crippen molar-refractivity contribution < 1.29 is 9.72 Å². The summed E-state index contributed by atoms with van der Waals surface area (Å²) in [5, 5.41) is 10.9. The number of nitro benzene ring substituents is 1. The van der Waals surface area contributed by atoms with Gasteiger partial charge < -0.3 is 0 Å². The number of nitrogens with zero attached hydrogens (tertiary/aromatic N) is 1. The molecular weight excluding hydrogens is 241 g/mol. The van der Waals surface area contributed by atoms with Gasteiger partial charge in [-0.1, -0.05) is 11.6 Å². The summed E-state index contributed by atoms with van der Waals surface area (Å²) in [6, 6.07) is 2.64. The first-order valence-electron chi connectivity index (χ1n) is 4.01. The number of Topliss-reactive ketones (excluding diaryl/α,β-unsaturated/α-hetero) is 1. The van der Waals surface area contributed by atoms with Gasteiger partial charge in [-0.15, -0.1) is 11.6 Å². The van der Waals surface area contributed by atoms with Crippen molar-refractivity contribution in [3.8, 4) is 0 Å². The maximum Gasteiger partial charge on any atom is 0.281 e. The van der Waals surface area contributed by atoms with E-state index in [1.165, 1.54) is 6.07 Å². The van der Waals surface area contributed by atoms with Crippen LogP contribution in [0.1, 0.15) is 15.9 Å². The number of carbonyl (C=O) groups excluding carboxylic acids is 1. The molecule has 15 heavy (non-hydrogen) atoms. The molecule has 0 spiro atoms. The molecule has 0 saturated heterocycles. The van der Waals surface area contributed by atoms with Gasteiger partial charge in [0.05, 0.1) is 16.4 Å². The average Bonchev–Trinajstić information content (AvgIpc) is 2.15. The minimum atomic E-state index is -0.640. The summed E-state index contributed by atoms with van der Waals surface area (Å²) in [7, 11) is 0. The minimum absolute atomic E-state index is 0.0272. The predicted octanol–water partition coefficient (Wildman–Crippen LogP) is 2.98. The van der Waals surface area contributed by atoms with Gasteiger partial charge in [0.1, 0.15) is 0 Å². The van der Waals surface area contributed by atoms with Crippen LogP contribution in [0.2, 0.25) is 5.02 Å². The number of benzene rings is 1. The highest BCUT2D eigenvalue weighted by Gasteiger charge is 2.22. The lowest BCUT2D eigenvalue weighted by Gasteiger charge is -2.04. The van der Waals surface area contributed by atoms with Crippen molar-refractivity contribution in [2.75, 3.05) is 5.88 Å². The third kappa shape index (κ3) is 2.46. The molecular formula is C9H7Cl2NO3. The summed E-state index contributed by atoms with van der Waals surface area (Å²) in [6.07, 6.45) is 0. The van der Waals surface area contributed by atoms with Gasteiger partial charge in [0.2, 0.25) is 0 Å². The lowest BCUT2D eigenvalue weighted by Crippen LogP contribution is -2.07. The van der Waals surface area contributed by atoms with Gasteiger partial charge in [-0.3, -0.25) is 14.9 Å². The van der Waals surface area contributed by atoms with Gasteiger partial charge in [0, 0.05) is 11.1 Å². The van der Waals surface area contributed by atoms with Gasteiger partial charge in [-0.25, -0.2) is 0 Å². The van der Waals surface area contributed by atoms with Crippen molar-refractivity contribution in [1.82, 2.24) is 0 Å². The van der Waals surface area contributed by atoms with E-state index in [9.17, 15) is 14.9 Å². The van der Waals surface area contributed by atoms with Crippen molar-refractivity contribution in [2.24, 2.45) is 0 Å². The molecule has 6 heteroatoms. The van der Waals surface area contributed by atoms with Crippen molar-refractivity contribution in [2.45, 2.75) is 6.92 Å². The van der Waals surface area contributed by atoms with Crippen molar-refractivity contribution in [3.63, 3.8) is 0 Å². The Kier molecular flexibility index (Phi) is 3.66. The van der Waals surface area contributed by atoms with E-state index in [0.29, 0.717) is 5.56 Å². The number of aryl methyl sites for hydroxylation is 1. The Morgan fingerprint density at radius 3 is 2.60 bits per heavy atom. The molecule has 0 bridgehead atoms. The van der Waals surface area contributed by atoms with Crippen LogP contribution in [0, 0.1) is 17.0 Å². The van der Waals surface area contributed by atoms with Crippen molar-refractivity contribution in [1.29, 1.82) is 0 Å². The molecule has 0 aliphatic heterocycles. The molecule has 0 N–H and O–H groups in total. The molecule has 4 nitrogen and oxygen atoms in total. The van der Waals surface area contributed by atoms with Gasteiger partial charge in [-0.2, -0.15) is 0 Å². The number of rotatable bonds is 3. The van der Waals surface area contributed by atoms with E-state index in [-0.39, 0.29) is 22.2 Å². The lowest BCUT2D eigenvalue weighted by atomic mass is 10.0. The molecule has 0 amide bonds. The van der Waals surface area contributed by atoms with E-state index < -0.39 is 10.7 Å². The quantitative estimate of drug-likeness (QED) is 0.357. The third-order valence-corrected chi connectivity index (χ3v) is 2.34. The summed E-state index contributed by atoms with van der Waals surface area (Å²) in [5.41, 5.74) is 0.185. The Hall–Kier alpha value is -1.13. The Morgan fingerprint density at radius 2 is 2.13 bits per heavy atom. The van der Waals surface area contributed by atoms with Crippen LogP contribution >= 0.6 is 23.2 Å². The molecule has 80 valence electrons. The summed E-state index contributed by atoms with van der Waals surface area (Å²) in [4.78, 5) is 21.4. The van der Waals surface area contributed by atoms with Crippen LogP contribution in [0.15, 0.2) is 12.1 Å². The number of hydrogen-bond donors (Lipinski definition) is 0. The van der Waals surface area contributed by atoms with E-state index in [1.54, 1.807) is 6.92 Å². The second-order valence-corrected chi connectivity index (χ2v) is 3.63. The molecule has 1 aromatic carbocycles. The molecule has 0 heterocycles. The second-order valence-electron chi connectivity index (χ2n) is 2.93. The molecule has 1 rings (SSSR count). The minimum Gasteiger partial charge on any atom is -0.293 e. The van der Waals surface area contributed by atoms with Gasteiger partial charge >= 0.3 is 0 Å². The highest BCUT2D eigenvalue weighted by atomic mass is 35.5. The zero-order chi connectivity index (χ0) is 11.6. The first-order chi connectivity index (χ1) is 6.97. The van der Waals surface area contributed by atoms with Crippen LogP contribution in [-0.4, -0.2) is 16.6 Å². The fourth-order valence-electron chi connectivity index (χ4n) is 1.30. The average molecular weight is 248 g/mol. The standard InChI is InChI=1S/C9H7Cl2NO3/c1-5-2-6(11)3-7(12(14)15)9(5)8(13)4-10/h2-3H,4H2,1H3. The lowest BCUT2D eigenvalue weighted by molar-refractivity contribution is -0.385. The number of carbonyl (C=O) groups is 1. The van der Waals surface area contributed by atoms with Gasteiger partial charge in [-0.05, 0) is 18.6 Å². The summed E-state index contributed by atoms with van der Waals surface area (Å²) in [6.45, 7) is 1.58. The van der Waals surface area contributed by atoms with Crippen LogP contribution in [0.4, 0.5) is 5.69 Å². The number of halogens is 2. The highest BCUT2D eigenvalue weighted by molar-refractivity contribution is 6.33. The molecule has 0 fully saturated rings. The molecule has 0 aliphatic carbocycles. The first kappa shape index (κ1) is 11.9. The van der Waals surface area contributed by atoms with Crippen LogP contribution in [-0.2, 0) is 0 Å². The van der Waals surface area contributed by atoms with E-state index in [0.717, 1.165) is 6.07 Å². The molecule has 0 unspecified atom stereocenters. The van der Waals surface area contributed by atoms with Gasteiger partial charge in [0.15, 0.2) is 5.78 Å². The zero-order valence-corrected chi connectivity index (χ0v) is 9.30. The van der Waals surface area contributed by atoms with Crippen LogP contribution in [0.3, 0.4) is 0 Å². The van der Waals surface area contributed by atoms with E-state index >= 15 is 0 Å². The number of nitro groups is 1. The van der Waals surface area contributed by atoms with Gasteiger partial charge in [0.25, 0.3) is 5.69 Å².